The Labute approximate surface area is 152 Å². The summed E-state index contributed by atoms with van der Waals surface area (Å²) in [4.78, 5) is 15.3. The molecule has 5 heteroatoms. The lowest BCUT2D eigenvalue weighted by Gasteiger charge is -2.44. The first-order valence-electron chi connectivity index (χ1n) is 8.97. The fourth-order valence-corrected chi connectivity index (χ4v) is 4.73. The Morgan fingerprint density at radius 1 is 1.25 bits per heavy atom. The van der Waals surface area contributed by atoms with Crippen LogP contribution in [0, 0.1) is 5.92 Å². The monoisotopic (exact) mass is 395 g/mol. The van der Waals surface area contributed by atoms with Crippen molar-refractivity contribution >= 4 is 21.8 Å². The van der Waals surface area contributed by atoms with Gasteiger partial charge in [0.1, 0.15) is 0 Å². The first-order valence-corrected chi connectivity index (χ1v) is 9.76. The second-order valence-electron chi connectivity index (χ2n) is 6.68. The molecular formula is C19H26BrNO3. The number of fused-ring (bicyclic) bond motifs is 1. The zero-order valence-corrected chi connectivity index (χ0v) is 16.1. The van der Waals surface area contributed by atoms with Crippen LogP contribution in [0.4, 0.5) is 0 Å². The maximum atomic E-state index is 13.2. The lowest BCUT2D eigenvalue weighted by atomic mass is 9.78. The molecule has 1 aliphatic heterocycles. The minimum Gasteiger partial charge on any atom is -0.493 e. The van der Waals surface area contributed by atoms with Crippen molar-refractivity contribution in [1.29, 1.82) is 0 Å². The normalized spacial score (nSPS) is 23.5. The molecule has 3 rings (SSSR count). The SMILES string of the molecule is CCOc1c(Br)cc(C(=O)N2CCCC3CCCCC32)cc1OC. The van der Waals surface area contributed by atoms with Crippen LogP contribution in [0.3, 0.4) is 0 Å². The van der Waals surface area contributed by atoms with Gasteiger partial charge < -0.3 is 14.4 Å². The number of carbonyl (C=O) groups is 1. The number of amides is 1. The van der Waals surface area contributed by atoms with E-state index < -0.39 is 0 Å². The van der Waals surface area contributed by atoms with Crippen molar-refractivity contribution in [2.24, 2.45) is 5.92 Å². The number of rotatable bonds is 4. The van der Waals surface area contributed by atoms with E-state index in [-0.39, 0.29) is 5.91 Å². The Balaban J connectivity index is 1.87. The summed E-state index contributed by atoms with van der Waals surface area (Å²) in [5, 5.41) is 0. The van der Waals surface area contributed by atoms with Crippen LogP contribution in [0.5, 0.6) is 11.5 Å². The summed E-state index contributed by atoms with van der Waals surface area (Å²) in [6.07, 6.45) is 7.34. The van der Waals surface area contributed by atoms with Crippen LogP contribution in [0.2, 0.25) is 0 Å². The summed E-state index contributed by atoms with van der Waals surface area (Å²) in [5.74, 6) is 2.07. The summed E-state index contributed by atoms with van der Waals surface area (Å²) < 4.78 is 11.8. The third-order valence-electron chi connectivity index (χ3n) is 5.27. The Morgan fingerprint density at radius 2 is 2.00 bits per heavy atom. The fourth-order valence-electron chi connectivity index (χ4n) is 4.17. The minimum atomic E-state index is 0.119. The predicted molar refractivity (Wildman–Crippen MR) is 97.9 cm³/mol. The number of hydrogen-bond acceptors (Lipinski definition) is 3. The van der Waals surface area contributed by atoms with E-state index in [2.05, 4.69) is 20.8 Å². The summed E-state index contributed by atoms with van der Waals surface area (Å²) in [7, 11) is 1.61. The molecule has 1 aromatic carbocycles. The number of ether oxygens (including phenoxy) is 2. The molecule has 2 unspecified atom stereocenters. The lowest BCUT2D eigenvalue weighted by Crippen LogP contribution is -2.49. The van der Waals surface area contributed by atoms with Gasteiger partial charge in [0, 0.05) is 18.2 Å². The number of nitrogens with zero attached hydrogens (tertiary/aromatic N) is 1. The number of methoxy groups -OCH3 is 1. The van der Waals surface area contributed by atoms with Crippen LogP contribution in [-0.4, -0.2) is 37.1 Å². The molecule has 2 atom stereocenters. The van der Waals surface area contributed by atoms with Gasteiger partial charge in [-0.2, -0.15) is 0 Å². The van der Waals surface area contributed by atoms with Gasteiger partial charge in [0.2, 0.25) is 0 Å². The fraction of sp³-hybridized carbons (Fsp3) is 0.632. The average Bonchev–Trinajstić information content (AvgIpc) is 2.62. The third-order valence-corrected chi connectivity index (χ3v) is 5.86. The van der Waals surface area contributed by atoms with Crippen LogP contribution in [0.25, 0.3) is 0 Å². The topological polar surface area (TPSA) is 38.8 Å². The van der Waals surface area contributed by atoms with Gasteiger partial charge in [-0.05, 0) is 66.6 Å². The van der Waals surface area contributed by atoms with E-state index in [1.165, 1.54) is 25.7 Å². The van der Waals surface area contributed by atoms with Crippen LogP contribution in [-0.2, 0) is 0 Å². The Kier molecular flexibility index (Phi) is 5.69. The number of likely N-dealkylation sites (tertiary alicyclic amines) is 1. The van der Waals surface area contributed by atoms with Crippen molar-refractivity contribution in [3.05, 3.63) is 22.2 Å². The van der Waals surface area contributed by atoms with Crippen molar-refractivity contribution in [2.45, 2.75) is 51.5 Å². The van der Waals surface area contributed by atoms with Crippen LogP contribution in [0.1, 0.15) is 55.8 Å². The average molecular weight is 396 g/mol. The number of halogens is 1. The molecule has 0 radical (unpaired) electrons. The quantitative estimate of drug-likeness (QED) is 0.744. The molecular weight excluding hydrogens is 370 g/mol. The number of carbonyl (C=O) groups excluding carboxylic acids is 1. The summed E-state index contributed by atoms with van der Waals surface area (Å²) in [5.41, 5.74) is 0.674. The second-order valence-corrected chi connectivity index (χ2v) is 7.53. The first kappa shape index (κ1) is 17.6. The molecule has 0 spiro atoms. The first-order chi connectivity index (χ1) is 11.7. The molecule has 1 saturated heterocycles. The molecule has 2 fully saturated rings. The van der Waals surface area contributed by atoms with E-state index >= 15 is 0 Å². The van der Waals surface area contributed by atoms with Crippen molar-refractivity contribution in [3.8, 4) is 11.5 Å². The third kappa shape index (κ3) is 3.41. The smallest absolute Gasteiger partial charge is 0.254 e. The summed E-state index contributed by atoms with van der Waals surface area (Å²) in [6, 6.07) is 4.09. The molecule has 0 aromatic heterocycles. The zero-order valence-electron chi connectivity index (χ0n) is 14.5. The van der Waals surface area contributed by atoms with Crippen molar-refractivity contribution in [1.82, 2.24) is 4.90 Å². The van der Waals surface area contributed by atoms with Gasteiger partial charge in [-0.3, -0.25) is 4.79 Å². The van der Waals surface area contributed by atoms with E-state index in [4.69, 9.17) is 9.47 Å². The van der Waals surface area contributed by atoms with E-state index in [0.717, 1.165) is 23.9 Å². The molecule has 0 bridgehead atoms. The number of hydrogen-bond donors (Lipinski definition) is 0. The Bertz CT molecular complexity index is 603. The molecule has 1 amide bonds. The second kappa shape index (κ2) is 7.77. The van der Waals surface area contributed by atoms with Gasteiger partial charge in [-0.25, -0.2) is 0 Å². The molecule has 24 heavy (non-hydrogen) atoms. The van der Waals surface area contributed by atoms with Gasteiger partial charge >= 0.3 is 0 Å². The molecule has 2 aliphatic rings. The maximum Gasteiger partial charge on any atom is 0.254 e. The molecule has 1 heterocycles. The van der Waals surface area contributed by atoms with E-state index in [0.29, 0.717) is 35.6 Å². The standard InChI is InChI=1S/C19H26BrNO3/c1-3-24-18-15(20)11-14(12-17(18)23-2)19(22)21-10-6-8-13-7-4-5-9-16(13)21/h11-13,16H,3-10H2,1-2H3. The highest BCUT2D eigenvalue weighted by Gasteiger charge is 2.36. The molecule has 1 saturated carbocycles. The minimum absolute atomic E-state index is 0.119. The number of benzene rings is 1. The van der Waals surface area contributed by atoms with Crippen LogP contribution >= 0.6 is 15.9 Å². The molecule has 0 N–H and O–H groups in total. The van der Waals surface area contributed by atoms with Crippen molar-refractivity contribution in [3.63, 3.8) is 0 Å². The molecule has 132 valence electrons. The summed E-state index contributed by atoms with van der Waals surface area (Å²) in [6.45, 7) is 3.35. The van der Waals surface area contributed by atoms with Gasteiger partial charge in [-0.1, -0.05) is 12.8 Å². The zero-order chi connectivity index (χ0) is 17.1. The molecule has 1 aromatic rings. The van der Waals surface area contributed by atoms with Gasteiger partial charge in [0.25, 0.3) is 5.91 Å². The maximum absolute atomic E-state index is 13.2. The highest BCUT2D eigenvalue weighted by molar-refractivity contribution is 9.10. The van der Waals surface area contributed by atoms with Gasteiger partial charge in [0.15, 0.2) is 11.5 Å². The molecule has 4 nitrogen and oxygen atoms in total. The van der Waals surface area contributed by atoms with E-state index in [1.54, 1.807) is 7.11 Å². The lowest BCUT2D eigenvalue weighted by molar-refractivity contribution is 0.0390. The van der Waals surface area contributed by atoms with Crippen molar-refractivity contribution < 1.29 is 14.3 Å². The van der Waals surface area contributed by atoms with Crippen molar-refractivity contribution in [2.75, 3.05) is 20.3 Å². The van der Waals surface area contributed by atoms with Gasteiger partial charge in [0.05, 0.1) is 18.2 Å². The van der Waals surface area contributed by atoms with E-state index in [9.17, 15) is 4.79 Å². The molecule has 1 aliphatic carbocycles. The Morgan fingerprint density at radius 3 is 2.75 bits per heavy atom. The summed E-state index contributed by atoms with van der Waals surface area (Å²) >= 11 is 3.53. The number of piperidine rings is 1. The highest BCUT2D eigenvalue weighted by Crippen LogP contribution is 2.39. The van der Waals surface area contributed by atoms with Crippen LogP contribution in [0.15, 0.2) is 16.6 Å². The van der Waals surface area contributed by atoms with E-state index in [1.807, 2.05) is 19.1 Å². The van der Waals surface area contributed by atoms with Gasteiger partial charge in [-0.15, -0.1) is 0 Å². The predicted octanol–water partition coefficient (Wildman–Crippen LogP) is 4.65. The highest BCUT2D eigenvalue weighted by atomic mass is 79.9. The van der Waals surface area contributed by atoms with Crippen LogP contribution < -0.4 is 9.47 Å². The Hall–Kier alpha value is -1.23. The largest absolute Gasteiger partial charge is 0.493 e.